The Balaban J connectivity index is 1.06. The van der Waals surface area contributed by atoms with E-state index in [1.807, 2.05) is 49.8 Å². The third-order valence-electron chi connectivity index (χ3n) is 13.5. The Kier molecular flexibility index (Phi) is 13.0. The number of aryl methyl sites for hydroxylation is 2. The van der Waals surface area contributed by atoms with Crippen LogP contribution < -0.4 is 10.6 Å². The quantitative estimate of drug-likeness (QED) is 0.0995. The topological polar surface area (TPSA) is 175 Å². The smallest absolute Gasteiger partial charge is 0.407 e. The highest BCUT2D eigenvalue weighted by atomic mass is 16.5. The van der Waals surface area contributed by atoms with Crippen LogP contribution in [0.25, 0.3) is 55.3 Å². The number of fused-ring (bicyclic) bond motifs is 2. The van der Waals surface area contributed by atoms with Gasteiger partial charge in [0.05, 0.1) is 49.2 Å². The first-order chi connectivity index (χ1) is 31.6. The third-order valence-corrected chi connectivity index (χ3v) is 13.5. The molecule has 2 aromatic heterocycles. The molecule has 0 aliphatic carbocycles. The van der Waals surface area contributed by atoms with Gasteiger partial charge in [0.15, 0.2) is 0 Å². The van der Waals surface area contributed by atoms with Gasteiger partial charge in [0.1, 0.15) is 23.7 Å². The molecule has 66 heavy (non-hydrogen) atoms. The second-order valence-electron chi connectivity index (χ2n) is 19.1. The Labute approximate surface area is 386 Å². The number of hydrogen-bond donors (Lipinski definition) is 4. The van der Waals surface area contributed by atoms with Crippen LogP contribution in [0.2, 0.25) is 0 Å². The van der Waals surface area contributed by atoms with E-state index in [0.29, 0.717) is 13.1 Å². The van der Waals surface area contributed by atoms with E-state index in [9.17, 15) is 19.2 Å². The highest BCUT2D eigenvalue weighted by Crippen LogP contribution is 2.42. The van der Waals surface area contributed by atoms with E-state index in [2.05, 4.69) is 109 Å². The SMILES string of the molecule is COC(=O)NC(C(=O)N1C[C@@H](C)C[C@H]1c1nc2ccc(-c3ccc(-c4ccc(-c5cnc([C@@H]6C[C@H](C)CN6C(=O)[C@@H](NC(=O)OC)C(C)C)[nH]5)cc4)c4c(C)ccc(C)c34)cc2[nH]1)C(C)C. The molecule has 8 rings (SSSR count). The second-order valence-corrected chi connectivity index (χ2v) is 19.1. The standard InChI is InChI=1S/C52H62N8O6/c1-27(2)45(57-51(63)65-9)49(61)59-25-29(5)21-41(59)47-53-24-40(56-47)34-15-13-33(14-16-34)36-18-19-37(44-32(8)12-11-31(7)43(36)44)35-17-20-38-39(23-35)55-48(54-38)42-22-30(6)26-60(42)50(62)46(28(3)4)58-52(64)66-10/h11-20,23-24,27-30,41-42,45-46H,21-22,25-26H2,1-10H3,(H,53,56)(H,54,55)(H,57,63)(H,58,64)/t29-,30-,41-,42-,45-,46?/m0/s1. The molecule has 6 atom stereocenters. The number of nitrogens with one attached hydrogen (secondary N) is 4. The number of amides is 4. The zero-order valence-electron chi connectivity index (χ0n) is 39.6. The summed E-state index contributed by atoms with van der Waals surface area (Å²) in [5, 5.41) is 7.84. The van der Waals surface area contributed by atoms with E-state index in [1.54, 1.807) is 0 Å². The zero-order chi connectivity index (χ0) is 47.1. The summed E-state index contributed by atoms with van der Waals surface area (Å²) < 4.78 is 9.65. The lowest BCUT2D eigenvalue weighted by atomic mass is 9.87. The van der Waals surface area contributed by atoms with Gasteiger partial charge in [-0.2, -0.15) is 0 Å². The summed E-state index contributed by atoms with van der Waals surface area (Å²) in [6, 6.07) is 21.7. The van der Waals surface area contributed by atoms with Crippen LogP contribution in [-0.2, 0) is 19.1 Å². The molecule has 2 fully saturated rings. The Morgan fingerprint density at radius 2 is 1.14 bits per heavy atom. The van der Waals surface area contributed by atoms with Gasteiger partial charge in [-0.25, -0.2) is 19.6 Å². The van der Waals surface area contributed by atoms with Crippen molar-refractivity contribution in [3.8, 4) is 33.5 Å². The van der Waals surface area contributed by atoms with Gasteiger partial charge in [-0.1, -0.05) is 96.1 Å². The molecule has 4 N–H and O–H groups in total. The molecular weight excluding hydrogens is 833 g/mol. The maximum atomic E-state index is 14.0. The summed E-state index contributed by atoms with van der Waals surface area (Å²) >= 11 is 0. The molecule has 1 unspecified atom stereocenters. The van der Waals surface area contributed by atoms with E-state index < -0.39 is 24.3 Å². The number of hydrogen-bond acceptors (Lipinski definition) is 8. The number of methoxy groups -OCH3 is 2. The second kappa shape index (κ2) is 18.7. The average Bonchev–Trinajstić information content (AvgIpc) is 4.13. The van der Waals surface area contributed by atoms with Crippen LogP contribution in [0.15, 0.2) is 72.9 Å². The molecule has 4 amide bonds. The Morgan fingerprint density at radius 1 is 0.652 bits per heavy atom. The monoisotopic (exact) mass is 894 g/mol. The van der Waals surface area contributed by atoms with Crippen LogP contribution in [-0.4, -0.2) is 93.1 Å². The van der Waals surface area contributed by atoms with Crippen molar-refractivity contribution in [3.63, 3.8) is 0 Å². The van der Waals surface area contributed by atoms with E-state index >= 15 is 0 Å². The minimum Gasteiger partial charge on any atom is -0.453 e. The number of likely N-dealkylation sites (tertiary alicyclic amines) is 2. The van der Waals surface area contributed by atoms with Crippen molar-refractivity contribution in [1.82, 2.24) is 40.4 Å². The molecule has 4 aromatic carbocycles. The van der Waals surface area contributed by atoms with Gasteiger partial charge in [-0.3, -0.25) is 9.59 Å². The van der Waals surface area contributed by atoms with Gasteiger partial charge in [0.25, 0.3) is 0 Å². The molecule has 0 bridgehead atoms. The molecule has 4 heterocycles. The molecule has 0 spiro atoms. The van der Waals surface area contributed by atoms with Crippen LogP contribution >= 0.6 is 0 Å². The first kappa shape index (κ1) is 45.9. The van der Waals surface area contributed by atoms with Gasteiger partial charge in [0, 0.05) is 13.1 Å². The molecule has 0 radical (unpaired) electrons. The van der Waals surface area contributed by atoms with Crippen molar-refractivity contribution in [2.75, 3.05) is 27.3 Å². The number of carbonyl (C=O) groups is 4. The van der Waals surface area contributed by atoms with E-state index in [4.69, 9.17) is 19.4 Å². The Hall–Kier alpha value is -6.70. The van der Waals surface area contributed by atoms with E-state index in [0.717, 1.165) is 69.0 Å². The summed E-state index contributed by atoms with van der Waals surface area (Å²) in [6.45, 7) is 17.4. The van der Waals surface area contributed by atoms with E-state index in [-0.39, 0.29) is 47.6 Å². The number of imidazole rings is 2. The van der Waals surface area contributed by atoms with Crippen LogP contribution in [0.4, 0.5) is 9.59 Å². The van der Waals surface area contributed by atoms with Gasteiger partial charge in [0.2, 0.25) is 11.8 Å². The maximum Gasteiger partial charge on any atom is 0.407 e. The summed E-state index contributed by atoms with van der Waals surface area (Å²) in [5.74, 6) is 1.45. The molecule has 346 valence electrons. The number of aromatic amines is 2. The number of alkyl carbamates (subject to hydrolysis) is 2. The van der Waals surface area contributed by atoms with E-state index in [1.165, 1.54) is 36.1 Å². The Morgan fingerprint density at radius 3 is 1.65 bits per heavy atom. The fourth-order valence-electron chi connectivity index (χ4n) is 10.0. The normalized spacial score (nSPS) is 19.5. The number of benzene rings is 4. The molecule has 2 saturated heterocycles. The maximum absolute atomic E-state index is 14.0. The minimum atomic E-state index is -0.715. The predicted octanol–water partition coefficient (Wildman–Crippen LogP) is 9.64. The fourth-order valence-corrected chi connectivity index (χ4v) is 10.0. The fraction of sp³-hybridized carbons (Fsp3) is 0.423. The van der Waals surface area contributed by atoms with Crippen LogP contribution in [0.5, 0.6) is 0 Å². The van der Waals surface area contributed by atoms with Crippen LogP contribution in [0, 0.1) is 37.5 Å². The number of carbonyl (C=O) groups excluding carboxylic acids is 4. The Bertz CT molecular complexity index is 2790. The van der Waals surface area contributed by atoms with Crippen molar-refractivity contribution >= 4 is 45.8 Å². The lowest BCUT2D eigenvalue weighted by Crippen LogP contribution is -2.51. The minimum absolute atomic E-state index is 0.123. The zero-order valence-corrected chi connectivity index (χ0v) is 39.6. The molecule has 6 aromatic rings. The molecular formula is C52H62N8O6. The number of nitrogens with zero attached hydrogens (tertiary/aromatic N) is 4. The molecule has 2 aliphatic rings. The lowest BCUT2D eigenvalue weighted by Gasteiger charge is -2.30. The molecule has 14 heteroatoms. The summed E-state index contributed by atoms with van der Waals surface area (Å²) in [7, 11) is 2.60. The van der Waals surface area contributed by atoms with Crippen LogP contribution in [0.1, 0.15) is 89.2 Å². The number of rotatable bonds is 11. The lowest BCUT2D eigenvalue weighted by molar-refractivity contribution is -0.136. The van der Waals surface area contributed by atoms with Crippen molar-refractivity contribution in [2.45, 2.75) is 92.4 Å². The number of ether oxygens (including phenoxy) is 2. The van der Waals surface area contributed by atoms with Crippen molar-refractivity contribution < 1.29 is 28.7 Å². The summed E-state index contributed by atoms with van der Waals surface area (Å²) in [5.41, 5.74) is 10.3. The highest BCUT2D eigenvalue weighted by molar-refractivity contribution is 6.08. The number of H-pyrrole nitrogens is 2. The van der Waals surface area contributed by atoms with Crippen molar-refractivity contribution in [2.24, 2.45) is 23.7 Å². The van der Waals surface area contributed by atoms with Gasteiger partial charge >= 0.3 is 12.2 Å². The third kappa shape index (κ3) is 8.84. The van der Waals surface area contributed by atoms with Crippen molar-refractivity contribution in [1.29, 1.82) is 0 Å². The highest BCUT2D eigenvalue weighted by Gasteiger charge is 2.41. The van der Waals surface area contributed by atoms with Gasteiger partial charge in [-0.05, 0) is 112 Å². The van der Waals surface area contributed by atoms with Gasteiger partial charge < -0.3 is 39.9 Å². The predicted molar refractivity (Wildman–Crippen MR) is 256 cm³/mol. The summed E-state index contributed by atoms with van der Waals surface area (Å²) in [4.78, 5) is 72.7. The molecule has 0 saturated carbocycles. The van der Waals surface area contributed by atoms with Crippen LogP contribution in [0.3, 0.4) is 0 Å². The number of aromatic nitrogens is 4. The first-order valence-corrected chi connectivity index (χ1v) is 23.0. The average molecular weight is 895 g/mol. The first-order valence-electron chi connectivity index (χ1n) is 23.0. The molecule has 14 nitrogen and oxygen atoms in total. The summed E-state index contributed by atoms with van der Waals surface area (Å²) in [6.07, 6.45) is 2.10. The van der Waals surface area contributed by atoms with Crippen molar-refractivity contribution in [3.05, 3.63) is 95.7 Å². The molecule has 2 aliphatic heterocycles. The largest absolute Gasteiger partial charge is 0.453 e. The van der Waals surface area contributed by atoms with Gasteiger partial charge in [-0.15, -0.1) is 0 Å².